The Bertz CT molecular complexity index is 1050. The maximum Gasteiger partial charge on any atom is 0.119 e. The van der Waals surface area contributed by atoms with Crippen LogP contribution in [0.5, 0.6) is 0 Å². The van der Waals surface area contributed by atoms with Gasteiger partial charge in [0.2, 0.25) is 0 Å². The molecule has 1 heterocycles. The van der Waals surface area contributed by atoms with Crippen molar-refractivity contribution in [2.45, 2.75) is 47.9 Å². The summed E-state index contributed by atoms with van der Waals surface area (Å²) < 4.78 is 18.8. The lowest BCUT2D eigenvalue weighted by Gasteiger charge is -2.44. The molecule has 4 rings (SSSR count). The molecule has 8 heteroatoms. The highest BCUT2D eigenvalue weighted by Crippen LogP contribution is 2.37. The predicted octanol–water partition coefficient (Wildman–Crippen LogP) is 5.35. The third-order valence-corrected chi connectivity index (χ3v) is 6.71. The van der Waals surface area contributed by atoms with Crippen LogP contribution in [0.25, 0.3) is 10.4 Å². The molecule has 1 saturated heterocycles. The maximum atomic E-state index is 10.2. The number of nitrogens with zero attached hydrogens (tertiary/aromatic N) is 3. The highest BCUT2D eigenvalue weighted by molar-refractivity contribution is 7.99. The van der Waals surface area contributed by atoms with Gasteiger partial charge in [0.15, 0.2) is 0 Å². The van der Waals surface area contributed by atoms with Crippen LogP contribution in [0.15, 0.2) is 101 Å². The molecular weight excluding hydrogens is 450 g/mol. The van der Waals surface area contributed by atoms with Crippen LogP contribution in [0.4, 0.5) is 0 Å². The standard InChI is InChI=1S/C26H27N3O4S/c27-29-28-23-25(32-18-20-12-6-2-7-13-20)24(31-17-19-10-4-1-5-11-19)22(16-30)33-26(23)34-21-14-8-3-9-15-21/h1-15,22-26,30H,16-18H2/t22?,23?,24-,25-,26-/m0/s1. The summed E-state index contributed by atoms with van der Waals surface area (Å²) >= 11 is 1.44. The number of azide groups is 1. The Balaban J connectivity index is 1.60. The van der Waals surface area contributed by atoms with E-state index in [1.54, 1.807) is 0 Å². The molecule has 0 bridgehead atoms. The summed E-state index contributed by atoms with van der Waals surface area (Å²) in [4.78, 5) is 4.06. The van der Waals surface area contributed by atoms with Gasteiger partial charge in [-0.25, -0.2) is 0 Å². The van der Waals surface area contributed by atoms with Crippen molar-refractivity contribution in [3.8, 4) is 0 Å². The Morgan fingerprint density at radius 1 is 0.824 bits per heavy atom. The summed E-state index contributed by atoms with van der Waals surface area (Å²) in [7, 11) is 0. The number of thioether (sulfide) groups is 1. The molecule has 3 aromatic rings. The number of aliphatic hydroxyl groups excluding tert-OH is 1. The maximum absolute atomic E-state index is 10.2. The largest absolute Gasteiger partial charge is 0.394 e. The van der Waals surface area contributed by atoms with Gasteiger partial charge >= 0.3 is 0 Å². The molecule has 176 valence electrons. The molecule has 0 spiro atoms. The summed E-state index contributed by atoms with van der Waals surface area (Å²) in [6.07, 6.45) is -1.89. The van der Waals surface area contributed by atoms with Crippen LogP contribution in [0, 0.1) is 0 Å². The van der Waals surface area contributed by atoms with Crippen molar-refractivity contribution in [3.05, 3.63) is 113 Å². The fourth-order valence-corrected chi connectivity index (χ4v) is 5.01. The lowest BCUT2D eigenvalue weighted by Crippen LogP contribution is -2.58. The first-order chi connectivity index (χ1) is 16.8. The van der Waals surface area contributed by atoms with Crippen LogP contribution < -0.4 is 0 Å². The van der Waals surface area contributed by atoms with E-state index < -0.39 is 29.8 Å². The van der Waals surface area contributed by atoms with E-state index in [9.17, 15) is 10.6 Å². The normalized spacial score (nSPS) is 24.3. The number of aliphatic hydroxyl groups is 1. The average molecular weight is 478 g/mol. The van der Waals surface area contributed by atoms with E-state index in [1.165, 1.54) is 11.8 Å². The first-order valence-electron chi connectivity index (χ1n) is 11.1. The van der Waals surface area contributed by atoms with Gasteiger partial charge in [0.25, 0.3) is 0 Å². The zero-order valence-corrected chi connectivity index (χ0v) is 19.4. The molecule has 0 radical (unpaired) electrons. The van der Waals surface area contributed by atoms with Gasteiger partial charge in [0.1, 0.15) is 23.7 Å². The third-order valence-electron chi connectivity index (χ3n) is 5.55. The second-order valence-corrected chi connectivity index (χ2v) is 9.05. The van der Waals surface area contributed by atoms with Gasteiger partial charge in [-0.2, -0.15) is 0 Å². The van der Waals surface area contributed by atoms with Crippen molar-refractivity contribution in [1.82, 2.24) is 0 Å². The molecule has 5 atom stereocenters. The molecule has 0 amide bonds. The molecule has 1 N–H and O–H groups in total. The Kier molecular flexibility index (Phi) is 8.98. The van der Waals surface area contributed by atoms with E-state index in [1.807, 2.05) is 91.0 Å². The van der Waals surface area contributed by atoms with Crippen LogP contribution >= 0.6 is 11.8 Å². The number of rotatable bonds is 10. The van der Waals surface area contributed by atoms with Crippen molar-refractivity contribution in [2.24, 2.45) is 5.11 Å². The Hall–Kier alpha value is -2.84. The first-order valence-corrected chi connectivity index (χ1v) is 12.0. The molecular formula is C26H27N3O4S. The van der Waals surface area contributed by atoms with E-state index in [0.29, 0.717) is 13.2 Å². The summed E-state index contributed by atoms with van der Waals surface area (Å²) in [5.41, 5.74) is 10.8. The predicted molar refractivity (Wildman–Crippen MR) is 131 cm³/mol. The van der Waals surface area contributed by atoms with Crippen molar-refractivity contribution in [1.29, 1.82) is 0 Å². The van der Waals surface area contributed by atoms with Crippen molar-refractivity contribution >= 4 is 11.8 Å². The zero-order chi connectivity index (χ0) is 23.6. The van der Waals surface area contributed by atoms with Crippen molar-refractivity contribution < 1.29 is 19.3 Å². The molecule has 1 fully saturated rings. The zero-order valence-electron chi connectivity index (χ0n) is 18.6. The van der Waals surface area contributed by atoms with Gasteiger partial charge in [0, 0.05) is 9.81 Å². The second-order valence-electron chi connectivity index (χ2n) is 7.87. The van der Waals surface area contributed by atoms with Gasteiger partial charge in [-0.15, -0.1) is 0 Å². The topological polar surface area (TPSA) is 96.7 Å². The molecule has 0 aliphatic carbocycles. The monoisotopic (exact) mass is 477 g/mol. The summed E-state index contributed by atoms with van der Waals surface area (Å²) in [5, 5.41) is 14.3. The molecule has 7 nitrogen and oxygen atoms in total. The average Bonchev–Trinajstić information content (AvgIpc) is 2.89. The van der Waals surface area contributed by atoms with E-state index in [2.05, 4.69) is 10.0 Å². The minimum atomic E-state index is -0.664. The quantitative estimate of drug-likeness (QED) is 0.241. The highest BCUT2D eigenvalue weighted by Gasteiger charge is 2.47. The number of hydrogen-bond acceptors (Lipinski definition) is 6. The number of ether oxygens (including phenoxy) is 3. The van der Waals surface area contributed by atoms with E-state index in [0.717, 1.165) is 16.0 Å². The van der Waals surface area contributed by atoms with Crippen LogP contribution in [0.3, 0.4) is 0 Å². The van der Waals surface area contributed by atoms with Gasteiger partial charge in [0.05, 0.1) is 25.9 Å². The molecule has 3 aromatic carbocycles. The smallest absolute Gasteiger partial charge is 0.119 e. The Labute approximate surface area is 203 Å². The van der Waals surface area contributed by atoms with Crippen LogP contribution in [0.2, 0.25) is 0 Å². The van der Waals surface area contributed by atoms with Gasteiger partial charge < -0.3 is 19.3 Å². The Morgan fingerprint density at radius 2 is 1.35 bits per heavy atom. The van der Waals surface area contributed by atoms with Gasteiger partial charge in [-0.05, 0) is 28.8 Å². The highest BCUT2D eigenvalue weighted by atomic mass is 32.2. The molecule has 2 unspecified atom stereocenters. The van der Waals surface area contributed by atoms with Crippen LogP contribution in [-0.4, -0.2) is 41.5 Å². The molecule has 34 heavy (non-hydrogen) atoms. The summed E-state index contributed by atoms with van der Waals surface area (Å²) in [6, 6.07) is 28.6. The molecule has 0 saturated carbocycles. The number of hydrogen-bond donors (Lipinski definition) is 1. The second kappa shape index (κ2) is 12.6. The van der Waals surface area contributed by atoms with E-state index >= 15 is 0 Å². The SMILES string of the molecule is [N-]=[N+]=NC1[C@H](Sc2ccccc2)OC(CO)[C@H](OCc2ccccc2)[C@H]1OCc1ccccc1. The first kappa shape index (κ1) is 24.3. The Morgan fingerprint density at radius 3 is 1.88 bits per heavy atom. The van der Waals surface area contributed by atoms with Gasteiger partial charge in [-0.3, -0.25) is 0 Å². The third kappa shape index (κ3) is 6.39. The summed E-state index contributed by atoms with van der Waals surface area (Å²) in [6.45, 7) is 0.380. The lowest BCUT2D eigenvalue weighted by atomic mass is 9.98. The minimum Gasteiger partial charge on any atom is -0.394 e. The molecule has 0 aromatic heterocycles. The van der Waals surface area contributed by atoms with Crippen molar-refractivity contribution in [2.75, 3.05) is 6.61 Å². The van der Waals surface area contributed by atoms with Gasteiger partial charge in [-0.1, -0.05) is 95.7 Å². The number of benzene rings is 3. The fourth-order valence-electron chi connectivity index (χ4n) is 3.88. The lowest BCUT2D eigenvalue weighted by molar-refractivity contribution is -0.206. The van der Waals surface area contributed by atoms with E-state index in [-0.39, 0.29) is 6.61 Å². The summed E-state index contributed by atoms with van der Waals surface area (Å²) in [5.74, 6) is 0. The van der Waals surface area contributed by atoms with E-state index in [4.69, 9.17) is 14.2 Å². The van der Waals surface area contributed by atoms with Crippen LogP contribution in [-0.2, 0) is 27.4 Å². The van der Waals surface area contributed by atoms with Crippen LogP contribution in [0.1, 0.15) is 11.1 Å². The molecule has 1 aliphatic rings. The molecule has 1 aliphatic heterocycles. The van der Waals surface area contributed by atoms with Crippen molar-refractivity contribution in [3.63, 3.8) is 0 Å². The fraction of sp³-hybridized carbons (Fsp3) is 0.308. The minimum absolute atomic E-state index is 0.251.